The summed E-state index contributed by atoms with van der Waals surface area (Å²) in [6.07, 6.45) is 20.0. The largest absolute Gasteiger partial charge is 0.207 e. The van der Waals surface area contributed by atoms with Crippen molar-refractivity contribution < 1.29 is 8.78 Å². The van der Waals surface area contributed by atoms with E-state index in [4.69, 9.17) is 0 Å². The fraction of sp³-hybridized carbons (Fsp3) is 0.613. The molecular weight excluding hydrogens is 410 g/mol. The van der Waals surface area contributed by atoms with Crippen molar-refractivity contribution in [2.24, 2.45) is 17.8 Å². The minimum atomic E-state index is -0.400. The van der Waals surface area contributed by atoms with Crippen LogP contribution >= 0.6 is 0 Å². The van der Waals surface area contributed by atoms with Crippen LogP contribution in [0, 0.1) is 29.4 Å². The van der Waals surface area contributed by atoms with E-state index in [1.807, 2.05) is 25.1 Å². The Balaban J connectivity index is 1.40. The Morgan fingerprint density at radius 2 is 1.76 bits per heavy atom. The molecule has 0 aromatic heterocycles. The highest BCUT2D eigenvalue weighted by Crippen LogP contribution is 2.48. The van der Waals surface area contributed by atoms with E-state index in [1.54, 1.807) is 6.07 Å². The summed E-state index contributed by atoms with van der Waals surface area (Å²) in [7, 11) is 0. The molecule has 33 heavy (non-hydrogen) atoms. The van der Waals surface area contributed by atoms with Gasteiger partial charge >= 0.3 is 0 Å². The highest BCUT2D eigenvalue weighted by molar-refractivity contribution is 5.85. The summed E-state index contributed by atoms with van der Waals surface area (Å²) >= 11 is 0. The summed E-state index contributed by atoms with van der Waals surface area (Å²) < 4.78 is 29.8. The predicted octanol–water partition coefficient (Wildman–Crippen LogP) is 9.90. The van der Waals surface area contributed by atoms with Gasteiger partial charge in [0.25, 0.3) is 0 Å². The molecule has 2 aromatic carbocycles. The average molecular weight is 453 g/mol. The summed E-state index contributed by atoms with van der Waals surface area (Å²) in [5.74, 6) is 2.46. The number of hydrogen-bond donors (Lipinski definition) is 0. The zero-order valence-corrected chi connectivity index (χ0v) is 20.7. The Kier molecular flexibility index (Phi) is 8.61. The normalized spacial score (nSPS) is 25.6. The molecule has 4 atom stereocenters. The van der Waals surface area contributed by atoms with Crippen molar-refractivity contribution in [2.45, 2.75) is 103 Å². The van der Waals surface area contributed by atoms with Gasteiger partial charge in [0.05, 0.1) is 0 Å². The summed E-state index contributed by atoms with van der Waals surface area (Å²) in [6, 6.07) is 7.64. The predicted molar refractivity (Wildman–Crippen MR) is 137 cm³/mol. The number of unbranched alkanes of at least 4 members (excludes halogenated alkanes) is 3. The summed E-state index contributed by atoms with van der Waals surface area (Å²) in [5, 5.41) is 1.28. The molecule has 0 nitrogen and oxygen atoms in total. The highest BCUT2D eigenvalue weighted by Gasteiger charge is 2.35. The van der Waals surface area contributed by atoms with Gasteiger partial charge in [-0.05, 0) is 92.6 Å². The lowest BCUT2D eigenvalue weighted by molar-refractivity contribution is 0.113. The lowest BCUT2D eigenvalue weighted by Crippen LogP contribution is -2.30. The van der Waals surface area contributed by atoms with Gasteiger partial charge < -0.3 is 0 Å². The molecule has 2 aliphatic carbocycles. The van der Waals surface area contributed by atoms with Crippen LogP contribution in [-0.4, -0.2) is 0 Å². The van der Waals surface area contributed by atoms with E-state index in [9.17, 15) is 4.39 Å². The zero-order chi connectivity index (χ0) is 23.2. The maximum absolute atomic E-state index is 15.1. The number of allylic oxidation sites excluding steroid dienone is 2. The quantitative estimate of drug-likeness (QED) is 0.262. The van der Waals surface area contributed by atoms with Gasteiger partial charge in [-0.3, -0.25) is 0 Å². The molecule has 2 aromatic rings. The van der Waals surface area contributed by atoms with E-state index < -0.39 is 5.82 Å². The topological polar surface area (TPSA) is 0 Å². The van der Waals surface area contributed by atoms with Gasteiger partial charge in [-0.2, -0.15) is 0 Å². The van der Waals surface area contributed by atoms with Gasteiger partial charge in [0.1, 0.15) is 11.6 Å². The molecule has 2 heteroatoms. The monoisotopic (exact) mass is 452 g/mol. The maximum atomic E-state index is 15.1. The minimum absolute atomic E-state index is 0.223. The maximum Gasteiger partial charge on any atom is 0.137 e. The van der Waals surface area contributed by atoms with E-state index in [0.717, 1.165) is 23.1 Å². The van der Waals surface area contributed by atoms with Crippen molar-refractivity contribution in [3.05, 3.63) is 59.2 Å². The van der Waals surface area contributed by atoms with Crippen LogP contribution < -0.4 is 0 Å². The molecule has 4 unspecified atom stereocenters. The first-order chi connectivity index (χ1) is 16.1. The van der Waals surface area contributed by atoms with E-state index >= 15 is 4.39 Å². The third-order valence-corrected chi connectivity index (χ3v) is 8.60. The van der Waals surface area contributed by atoms with E-state index in [0.29, 0.717) is 24.1 Å². The van der Waals surface area contributed by atoms with Gasteiger partial charge in [-0.15, -0.1) is 0 Å². The second kappa shape index (κ2) is 11.6. The first-order valence-corrected chi connectivity index (χ1v) is 13.6. The van der Waals surface area contributed by atoms with Crippen LogP contribution in [0.5, 0.6) is 0 Å². The first kappa shape index (κ1) is 24.4. The molecular formula is C31H42F2. The van der Waals surface area contributed by atoms with Crippen LogP contribution in [0.1, 0.15) is 108 Å². The number of rotatable bonds is 9. The van der Waals surface area contributed by atoms with E-state index in [2.05, 4.69) is 19.1 Å². The van der Waals surface area contributed by atoms with Gasteiger partial charge in [-0.1, -0.05) is 75.8 Å². The fourth-order valence-corrected chi connectivity index (χ4v) is 6.68. The first-order valence-electron chi connectivity index (χ1n) is 13.6. The van der Waals surface area contributed by atoms with E-state index in [1.165, 1.54) is 76.2 Å². The number of hydrogen-bond acceptors (Lipinski definition) is 0. The molecule has 0 aliphatic heterocycles. The average Bonchev–Trinajstić information content (AvgIpc) is 2.83. The molecule has 0 spiro atoms. The van der Waals surface area contributed by atoms with Crippen LogP contribution in [0.25, 0.3) is 10.8 Å². The van der Waals surface area contributed by atoms with E-state index in [-0.39, 0.29) is 11.4 Å². The Hall–Kier alpha value is -1.70. The molecule has 0 N–H and O–H groups in total. The van der Waals surface area contributed by atoms with Crippen molar-refractivity contribution in [2.75, 3.05) is 0 Å². The van der Waals surface area contributed by atoms with Crippen molar-refractivity contribution >= 4 is 10.8 Å². The fourth-order valence-electron chi connectivity index (χ4n) is 6.68. The summed E-state index contributed by atoms with van der Waals surface area (Å²) in [6.45, 7) is 4.22. The minimum Gasteiger partial charge on any atom is -0.207 e. The molecule has 4 rings (SSSR count). The molecule has 0 bridgehead atoms. The smallest absolute Gasteiger partial charge is 0.137 e. The van der Waals surface area contributed by atoms with Crippen LogP contribution in [0.2, 0.25) is 0 Å². The van der Waals surface area contributed by atoms with Gasteiger partial charge in [0.15, 0.2) is 0 Å². The SMILES string of the molecule is CC=CCCc1c(F)cc2cc(C3CCC4CC(CCCCCC)CCC4C3)ccc2c1F. The third-order valence-electron chi connectivity index (χ3n) is 8.60. The molecule has 2 saturated carbocycles. The standard InChI is InChI=1S/C31H42F2/c1-3-5-7-9-10-22-12-13-24-19-25(15-14-23(24)18-22)26-16-17-28-27(20-26)21-30(32)29(31(28)33)11-8-6-4-2/h4,6,16-17,20-25H,3,5,7-15,18-19H2,1-2H3. The van der Waals surface area contributed by atoms with Crippen LogP contribution in [0.15, 0.2) is 36.4 Å². The molecule has 0 saturated heterocycles. The van der Waals surface area contributed by atoms with Crippen molar-refractivity contribution in [3.63, 3.8) is 0 Å². The van der Waals surface area contributed by atoms with Gasteiger partial charge in [-0.25, -0.2) is 8.78 Å². The lowest BCUT2D eigenvalue weighted by Gasteiger charge is -2.42. The van der Waals surface area contributed by atoms with Crippen molar-refractivity contribution in [3.8, 4) is 0 Å². The molecule has 0 amide bonds. The second-order valence-corrected chi connectivity index (χ2v) is 10.8. The summed E-state index contributed by atoms with van der Waals surface area (Å²) in [5.41, 5.74) is 1.50. The number of halogens is 2. The second-order valence-electron chi connectivity index (χ2n) is 10.8. The Morgan fingerprint density at radius 1 is 0.939 bits per heavy atom. The molecule has 2 aliphatic rings. The Bertz CT molecular complexity index is 944. The molecule has 2 fully saturated rings. The molecule has 180 valence electrons. The van der Waals surface area contributed by atoms with Gasteiger partial charge in [0.2, 0.25) is 0 Å². The van der Waals surface area contributed by atoms with Crippen LogP contribution in [0.4, 0.5) is 8.78 Å². The van der Waals surface area contributed by atoms with Crippen LogP contribution in [-0.2, 0) is 6.42 Å². The summed E-state index contributed by atoms with van der Waals surface area (Å²) in [4.78, 5) is 0. The van der Waals surface area contributed by atoms with Gasteiger partial charge in [0, 0.05) is 10.9 Å². The number of benzene rings is 2. The number of fused-ring (bicyclic) bond motifs is 2. The highest BCUT2D eigenvalue weighted by atomic mass is 19.1. The van der Waals surface area contributed by atoms with Crippen LogP contribution in [0.3, 0.4) is 0 Å². The lowest BCUT2D eigenvalue weighted by atomic mass is 9.63. The van der Waals surface area contributed by atoms with Crippen molar-refractivity contribution in [1.29, 1.82) is 0 Å². The third kappa shape index (κ3) is 5.87. The molecule has 0 heterocycles. The molecule has 0 radical (unpaired) electrons. The van der Waals surface area contributed by atoms with Crippen molar-refractivity contribution in [1.82, 2.24) is 0 Å². The Labute approximate surface area is 199 Å². The zero-order valence-electron chi connectivity index (χ0n) is 20.7. The Morgan fingerprint density at radius 3 is 2.58 bits per heavy atom.